The maximum absolute atomic E-state index is 14.0. The predicted molar refractivity (Wildman–Crippen MR) is 244 cm³/mol. The van der Waals surface area contributed by atoms with E-state index in [-0.39, 0.29) is 23.8 Å². The highest BCUT2D eigenvalue weighted by Gasteiger charge is 2.34. The normalized spacial score (nSPS) is 12.7. The molecule has 55 heavy (non-hydrogen) atoms. The lowest BCUT2D eigenvalue weighted by molar-refractivity contribution is -0.143. The maximum atomic E-state index is 14.0. The van der Waals surface area contributed by atoms with Crippen LogP contribution in [-0.4, -0.2) is 61.4 Å². The van der Waals surface area contributed by atoms with E-state index < -0.39 is 0 Å². The van der Waals surface area contributed by atoms with Crippen molar-refractivity contribution in [2.75, 3.05) is 33.7 Å². The molecule has 5 heteroatoms. The zero-order valence-electron chi connectivity index (χ0n) is 38.6. The molecule has 0 aliphatic rings. The van der Waals surface area contributed by atoms with Gasteiger partial charge in [-0.3, -0.25) is 9.59 Å². The molecule has 0 bridgehead atoms. The molecule has 2 amide bonds. The molecule has 0 fully saturated rings. The van der Waals surface area contributed by atoms with Gasteiger partial charge >= 0.3 is 0 Å². The van der Waals surface area contributed by atoms with Crippen LogP contribution in [0.3, 0.4) is 0 Å². The molecule has 0 aromatic rings. The van der Waals surface area contributed by atoms with E-state index in [0.29, 0.717) is 13.0 Å². The summed E-state index contributed by atoms with van der Waals surface area (Å²) in [5.74, 6) is 0.514. The zero-order chi connectivity index (χ0) is 40.5. The molecule has 0 aliphatic carbocycles. The standard InChI is InChI=1S/C50H101N3O2/c1-7-11-14-16-18-20-22-24-26-28-30-32-34-36-38-40-44-51-50(55)49(47(10-4)42-13-9-3)53(46-41-45-52(5)6)48(54)43-39-37-35-33-31-29-27-25-23-21-19-17-15-12-8-2/h47,49H,7-46H2,1-6H3,(H,51,55). The van der Waals surface area contributed by atoms with Crippen molar-refractivity contribution in [2.45, 2.75) is 271 Å². The van der Waals surface area contributed by atoms with Crippen molar-refractivity contribution in [3.8, 4) is 0 Å². The summed E-state index contributed by atoms with van der Waals surface area (Å²) in [5.41, 5.74) is 0. The summed E-state index contributed by atoms with van der Waals surface area (Å²) in [5, 5.41) is 3.34. The summed E-state index contributed by atoms with van der Waals surface area (Å²) in [6.07, 6.45) is 47.2. The summed E-state index contributed by atoms with van der Waals surface area (Å²) in [4.78, 5) is 32.2. The van der Waals surface area contributed by atoms with Crippen molar-refractivity contribution in [1.82, 2.24) is 15.1 Å². The Balaban J connectivity index is 4.65. The van der Waals surface area contributed by atoms with Gasteiger partial charge in [0.1, 0.15) is 6.04 Å². The summed E-state index contributed by atoms with van der Waals surface area (Å²) in [7, 11) is 4.19. The molecule has 328 valence electrons. The first-order valence-electron chi connectivity index (χ1n) is 25.1. The van der Waals surface area contributed by atoms with E-state index >= 15 is 0 Å². The maximum Gasteiger partial charge on any atom is 0.243 e. The van der Waals surface area contributed by atoms with Crippen molar-refractivity contribution < 1.29 is 9.59 Å². The van der Waals surface area contributed by atoms with Crippen molar-refractivity contribution in [2.24, 2.45) is 5.92 Å². The van der Waals surface area contributed by atoms with Gasteiger partial charge in [0.2, 0.25) is 11.8 Å². The Morgan fingerprint density at radius 1 is 0.436 bits per heavy atom. The summed E-state index contributed by atoms with van der Waals surface area (Å²) < 4.78 is 0. The topological polar surface area (TPSA) is 52.7 Å². The van der Waals surface area contributed by atoms with Gasteiger partial charge in [0.25, 0.3) is 0 Å². The smallest absolute Gasteiger partial charge is 0.243 e. The van der Waals surface area contributed by atoms with E-state index in [4.69, 9.17) is 0 Å². The molecule has 5 nitrogen and oxygen atoms in total. The van der Waals surface area contributed by atoms with Gasteiger partial charge in [0.05, 0.1) is 0 Å². The van der Waals surface area contributed by atoms with Gasteiger partial charge in [-0.2, -0.15) is 0 Å². The molecule has 0 aliphatic heterocycles. The number of carbonyl (C=O) groups is 2. The summed E-state index contributed by atoms with van der Waals surface area (Å²) >= 11 is 0. The average Bonchev–Trinajstić information content (AvgIpc) is 3.17. The third kappa shape index (κ3) is 34.6. The van der Waals surface area contributed by atoms with E-state index in [1.54, 1.807) is 0 Å². The first kappa shape index (κ1) is 53.9. The largest absolute Gasteiger partial charge is 0.354 e. The lowest BCUT2D eigenvalue weighted by atomic mass is 9.89. The fourth-order valence-electron chi connectivity index (χ4n) is 8.42. The highest BCUT2D eigenvalue weighted by molar-refractivity contribution is 5.88. The van der Waals surface area contributed by atoms with Crippen molar-refractivity contribution in [3.05, 3.63) is 0 Å². The lowest BCUT2D eigenvalue weighted by Gasteiger charge is -2.36. The van der Waals surface area contributed by atoms with Gasteiger partial charge in [-0.25, -0.2) is 0 Å². The van der Waals surface area contributed by atoms with E-state index in [9.17, 15) is 9.59 Å². The van der Waals surface area contributed by atoms with Crippen LogP contribution in [0, 0.1) is 5.92 Å². The summed E-state index contributed by atoms with van der Waals surface area (Å²) in [6, 6.07) is -0.344. The van der Waals surface area contributed by atoms with Gasteiger partial charge < -0.3 is 15.1 Å². The van der Waals surface area contributed by atoms with Gasteiger partial charge in [-0.05, 0) is 52.2 Å². The minimum Gasteiger partial charge on any atom is -0.354 e. The van der Waals surface area contributed by atoms with E-state index in [2.05, 4.69) is 52.0 Å². The summed E-state index contributed by atoms with van der Waals surface area (Å²) in [6.45, 7) is 11.4. The Hall–Kier alpha value is -1.10. The zero-order valence-corrected chi connectivity index (χ0v) is 38.6. The highest BCUT2D eigenvalue weighted by Crippen LogP contribution is 2.24. The molecule has 2 atom stereocenters. The fraction of sp³-hybridized carbons (Fsp3) is 0.960. The van der Waals surface area contributed by atoms with Gasteiger partial charge in [-0.15, -0.1) is 0 Å². The molecule has 0 rings (SSSR count). The monoisotopic (exact) mass is 776 g/mol. The van der Waals surface area contributed by atoms with Crippen LogP contribution in [0.2, 0.25) is 0 Å². The van der Waals surface area contributed by atoms with Crippen LogP contribution in [0.1, 0.15) is 265 Å². The second-order valence-electron chi connectivity index (χ2n) is 17.8. The van der Waals surface area contributed by atoms with Crippen molar-refractivity contribution >= 4 is 11.8 Å². The number of nitrogens with one attached hydrogen (secondary N) is 1. The Labute approximate surface area is 346 Å². The third-order valence-electron chi connectivity index (χ3n) is 12.2. The molecule has 0 heterocycles. The number of hydrogen-bond acceptors (Lipinski definition) is 3. The highest BCUT2D eigenvalue weighted by atomic mass is 16.2. The Morgan fingerprint density at radius 3 is 1.16 bits per heavy atom. The number of nitrogens with zero attached hydrogens (tertiary/aromatic N) is 2. The molecule has 0 radical (unpaired) electrons. The molecule has 0 saturated heterocycles. The molecule has 0 spiro atoms. The fourth-order valence-corrected chi connectivity index (χ4v) is 8.42. The van der Waals surface area contributed by atoms with E-state index in [0.717, 1.165) is 64.5 Å². The molecule has 0 aromatic carbocycles. The molecule has 1 N–H and O–H groups in total. The second kappa shape index (κ2) is 42.5. The minimum atomic E-state index is -0.344. The van der Waals surface area contributed by atoms with Gasteiger partial charge in [0.15, 0.2) is 0 Å². The predicted octanol–water partition coefficient (Wildman–Crippen LogP) is 15.0. The SMILES string of the molecule is CCCCCCCCCCCCCCCCCCNC(=O)C(C(CC)CCCC)N(CCCN(C)C)C(=O)CCCCCCCCCCCCCCCCC. The van der Waals surface area contributed by atoms with E-state index in [1.165, 1.54) is 180 Å². The minimum absolute atomic E-state index is 0.0959. The molecule has 0 saturated carbocycles. The third-order valence-corrected chi connectivity index (χ3v) is 12.2. The molecular formula is C50H101N3O2. The second-order valence-corrected chi connectivity index (χ2v) is 17.8. The molecular weight excluding hydrogens is 675 g/mol. The average molecular weight is 776 g/mol. The first-order valence-corrected chi connectivity index (χ1v) is 25.1. The van der Waals surface area contributed by atoms with Crippen LogP contribution in [0.5, 0.6) is 0 Å². The van der Waals surface area contributed by atoms with Crippen LogP contribution in [0.15, 0.2) is 0 Å². The number of hydrogen-bond donors (Lipinski definition) is 1. The van der Waals surface area contributed by atoms with Gasteiger partial charge in [-0.1, -0.05) is 233 Å². The lowest BCUT2D eigenvalue weighted by Crippen LogP contribution is -2.54. The Bertz CT molecular complexity index is 802. The van der Waals surface area contributed by atoms with Crippen LogP contribution < -0.4 is 5.32 Å². The number of amides is 2. The van der Waals surface area contributed by atoms with Gasteiger partial charge in [0, 0.05) is 19.5 Å². The Kier molecular flexibility index (Phi) is 41.7. The van der Waals surface area contributed by atoms with Crippen molar-refractivity contribution in [1.29, 1.82) is 0 Å². The molecule has 0 aromatic heterocycles. The Morgan fingerprint density at radius 2 is 0.800 bits per heavy atom. The van der Waals surface area contributed by atoms with Crippen LogP contribution in [0.25, 0.3) is 0 Å². The molecule has 2 unspecified atom stereocenters. The number of rotatable bonds is 44. The quantitative estimate of drug-likeness (QED) is 0.0627. The number of carbonyl (C=O) groups excluding carboxylic acids is 2. The van der Waals surface area contributed by atoms with Crippen LogP contribution >= 0.6 is 0 Å². The van der Waals surface area contributed by atoms with Crippen molar-refractivity contribution in [3.63, 3.8) is 0 Å². The van der Waals surface area contributed by atoms with Crippen LogP contribution in [0.4, 0.5) is 0 Å². The first-order chi connectivity index (χ1) is 26.9. The number of unbranched alkanes of at least 4 members (excludes halogenated alkanes) is 30. The van der Waals surface area contributed by atoms with E-state index in [1.807, 2.05) is 4.90 Å². The van der Waals surface area contributed by atoms with Crippen LogP contribution in [-0.2, 0) is 9.59 Å².